The summed E-state index contributed by atoms with van der Waals surface area (Å²) in [5.41, 5.74) is 25.2. The summed E-state index contributed by atoms with van der Waals surface area (Å²) >= 11 is 0. The highest BCUT2D eigenvalue weighted by Gasteiger charge is 2.13. The Kier molecular flexibility index (Phi) is 5.56. The van der Waals surface area contributed by atoms with Gasteiger partial charge in [0.05, 0.1) is 12.6 Å². The van der Waals surface area contributed by atoms with Crippen molar-refractivity contribution < 1.29 is 9.72 Å². The van der Waals surface area contributed by atoms with Gasteiger partial charge in [-0.05, 0) is 34.9 Å². The van der Waals surface area contributed by atoms with Crippen LogP contribution in [0.2, 0.25) is 0 Å². The Morgan fingerprint density at radius 2 is 1.80 bits per heavy atom. The first-order valence-electron chi connectivity index (χ1n) is 9.83. The van der Waals surface area contributed by atoms with Crippen LogP contribution in [0.15, 0.2) is 54.9 Å². The summed E-state index contributed by atoms with van der Waals surface area (Å²) in [7, 11) is 1.68. The zero-order valence-corrected chi connectivity index (χ0v) is 17.0. The fourth-order valence-corrected chi connectivity index (χ4v) is 3.75. The lowest BCUT2D eigenvalue weighted by Gasteiger charge is -2.15. The van der Waals surface area contributed by atoms with Crippen molar-refractivity contribution in [2.45, 2.75) is 19.6 Å². The van der Waals surface area contributed by atoms with Crippen molar-refractivity contribution in [3.8, 4) is 16.9 Å². The normalized spacial score (nSPS) is 11.1. The highest BCUT2D eigenvalue weighted by molar-refractivity contribution is 5.96. The minimum Gasteiger partial charge on any atom is -0.496 e. The van der Waals surface area contributed by atoms with Gasteiger partial charge in [-0.15, -0.1) is 0 Å². The Morgan fingerprint density at radius 3 is 2.60 bits per heavy atom. The zero-order valence-electron chi connectivity index (χ0n) is 17.0. The first-order valence-corrected chi connectivity index (χ1v) is 9.83. The van der Waals surface area contributed by atoms with Gasteiger partial charge < -0.3 is 26.5 Å². The number of aromatic nitrogens is 2. The van der Waals surface area contributed by atoms with Crippen LogP contribution in [0, 0.1) is 0 Å². The number of hydrogen-bond acceptors (Lipinski definition) is 5. The maximum atomic E-state index is 6.41. The molecule has 0 bridgehead atoms. The second kappa shape index (κ2) is 8.44. The number of aromatic amines is 2. The molecule has 4 rings (SSSR count). The first-order chi connectivity index (χ1) is 14.6. The Hall–Kier alpha value is -3.55. The van der Waals surface area contributed by atoms with E-state index in [2.05, 4.69) is 27.4 Å². The van der Waals surface area contributed by atoms with Gasteiger partial charge in [-0.3, -0.25) is 5.73 Å². The molecule has 0 saturated carbocycles. The second-order valence-corrected chi connectivity index (χ2v) is 7.25. The lowest BCUT2D eigenvalue weighted by atomic mass is 9.97. The number of anilines is 2. The first kappa shape index (κ1) is 19.8. The summed E-state index contributed by atoms with van der Waals surface area (Å²) in [6.45, 7) is 1.66. The molecule has 2 heterocycles. The van der Waals surface area contributed by atoms with Crippen LogP contribution in [0.25, 0.3) is 22.0 Å². The van der Waals surface area contributed by atoms with Crippen LogP contribution in [0.4, 0.5) is 11.5 Å². The van der Waals surface area contributed by atoms with Crippen LogP contribution in [0.1, 0.15) is 16.7 Å². The van der Waals surface area contributed by atoms with Crippen molar-refractivity contribution in [2.24, 2.45) is 5.73 Å². The number of methoxy groups -OCH3 is 1. The molecule has 0 fully saturated rings. The minimum atomic E-state index is 0.372. The van der Waals surface area contributed by atoms with Crippen LogP contribution >= 0.6 is 0 Å². The number of H-pyrrole nitrogens is 2. The van der Waals surface area contributed by atoms with Crippen molar-refractivity contribution in [1.82, 2.24) is 10.3 Å². The number of fused-ring (bicyclic) bond motifs is 1. The van der Waals surface area contributed by atoms with Crippen molar-refractivity contribution in [3.63, 3.8) is 0 Å². The molecular weight excluding hydrogens is 376 g/mol. The topological polar surface area (TPSA) is 129 Å². The van der Waals surface area contributed by atoms with Crippen LogP contribution in [0.3, 0.4) is 0 Å². The molecule has 2 aromatic carbocycles. The molecular formula is C23H27N6O+. The third kappa shape index (κ3) is 3.80. The second-order valence-electron chi connectivity index (χ2n) is 7.25. The summed E-state index contributed by atoms with van der Waals surface area (Å²) in [6, 6.07) is 14.1. The van der Waals surface area contributed by atoms with E-state index < -0.39 is 0 Å². The predicted molar refractivity (Wildman–Crippen MR) is 121 cm³/mol. The summed E-state index contributed by atoms with van der Waals surface area (Å²) in [5.74, 6) is 1.47. The van der Waals surface area contributed by atoms with Gasteiger partial charge in [0.1, 0.15) is 11.9 Å². The number of para-hydroxylation sites is 1. The molecule has 154 valence electrons. The van der Waals surface area contributed by atoms with Crippen LogP contribution in [-0.4, -0.2) is 12.1 Å². The molecule has 2 aromatic heterocycles. The summed E-state index contributed by atoms with van der Waals surface area (Å²) in [6.07, 6.45) is 3.85. The number of nitrogen functional groups attached to an aromatic ring is 2. The number of rotatable bonds is 7. The van der Waals surface area contributed by atoms with Crippen LogP contribution in [-0.2, 0) is 19.6 Å². The molecule has 9 N–H and O–H groups in total. The van der Waals surface area contributed by atoms with Gasteiger partial charge in [-0.1, -0.05) is 18.2 Å². The van der Waals surface area contributed by atoms with E-state index in [0.717, 1.165) is 50.2 Å². The third-order valence-corrected chi connectivity index (χ3v) is 5.34. The number of nitrogens with one attached hydrogen (secondary N) is 3. The minimum absolute atomic E-state index is 0.372. The number of pyridine rings is 1. The quantitative estimate of drug-likeness (QED) is 0.303. The Bertz CT molecular complexity index is 1180. The molecule has 30 heavy (non-hydrogen) atoms. The highest BCUT2D eigenvalue weighted by atomic mass is 16.5. The number of nitrogens with two attached hydrogens (primary N) is 3. The van der Waals surface area contributed by atoms with Crippen molar-refractivity contribution in [2.75, 3.05) is 18.6 Å². The fraction of sp³-hybridized carbons (Fsp3) is 0.174. The van der Waals surface area contributed by atoms with Crippen molar-refractivity contribution in [1.29, 1.82) is 0 Å². The van der Waals surface area contributed by atoms with Crippen LogP contribution in [0.5, 0.6) is 5.75 Å². The molecule has 7 heteroatoms. The number of ether oxygens (including phenoxy) is 1. The van der Waals surface area contributed by atoms with Gasteiger partial charge in [0.15, 0.2) is 0 Å². The van der Waals surface area contributed by atoms with E-state index in [1.165, 1.54) is 0 Å². The lowest BCUT2D eigenvalue weighted by molar-refractivity contribution is -0.358. The van der Waals surface area contributed by atoms with Crippen LogP contribution < -0.4 is 32.2 Å². The van der Waals surface area contributed by atoms with E-state index in [1.807, 2.05) is 42.7 Å². The van der Waals surface area contributed by atoms with E-state index in [4.69, 9.17) is 21.9 Å². The molecule has 0 aliphatic heterocycles. The van der Waals surface area contributed by atoms with E-state index >= 15 is 0 Å². The fourth-order valence-electron chi connectivity index (χ4n) is 3.75. The predicted octanol–water partition coefficient (Wildman–Crippen LogP) is 2.57. The molecule has 0 aliphatic carbocycles. The molecule has 0 spiro atoms. The van der Waals surface area contributed by atoms with Gasteiger partial charge >= 0.3 is 0 Å². The largest absolute Gasteiger partial charge is 0.496 e. The Balaban J connectivity index is 1.64. The van der Waals surface area contributed by atoms with E-state index in [-0.39, 0.29) is 0 Å². The smallest absolute Gasteiger partial charge is 0.270 e. The van der Waals surface area contributed by atoms with E-state index in [9.17, 15) is 0 Å². The maximum Gasteiger partial charge on any atom is 0.270 e. The Morgan fingerprint density at radius 1 is 1.03 bits per heavy atom. The monoisotopic (exact) mass is 403 g/mol. The number of hydrogen-bond donors (Lipinski definition) is 5. The molecule has 0 saturated heterocycles. The molecule has 0 aliphatic rings. The standard InChI is InChI=1S/C23H26N6O/c1-30-21-5-3-2-4-14(21)10-27-11-17-7-15(6-16(9-24)23(17)26)19-12-28-20-13-29-22(25)8-18(19)20/h2-8,12-13,27-28H,9-11,24,26H2,1H3,(H2,25,29)/p+1. The van der Waals surface area contributed by atoms with E-state index in [0.29, 0.717) is 25.5 Å². The van der Waals surface area contributed by atoms with Gasteiger partial charge in [0.2, 0.25) is 0 Å². The number of benzene rings is 2. The van der Waals surface area contributed by atoms with Gasteiger partial charge in [0, 0.05) is 54.1 Å². The Labute approximate surface area is 175 Å². The SMILES string of the molecule is COc1ccccc1CNCc1cc(-c2c[nH]c3c[nH+]c(N)cc23)cc(CN)c1N. The summed E-state index contributed by atoms with van der Waals surface area (Å²) in [4.78, 5) is 6.31. The maximum absolute atomic E-state index is 6.41. The third-order valence-electron chi connectivity index (χ3n) is 5.34. The van der Waals surface area contributed by atoms with Crippen molar-refractivity contribution in [3.05, 3.63) is 71.5 Å². The highest BCUT2D eigenvalue weighted by Crippen LogP contribution is 2.32. The van der Waals surface area contributed by atoms with Gasteiger partial charge in [-0.25, -0.2) is 4.98 Å². The van der Waals surface area contributed by atoms with Gasteiger partial charge in [-0.2, -0.15) is 0 Å². The molecule has 0 amide bonds. The van der Waals surface area contributed by atoms with Gasteiger partial charge in [0.25, 0.3) is 5.82 Å². The molecule has 0 unspecified atom stereocenters. The molecule has 0 radical (unpaired) electrons. The molecule has 0 atom stereocenters. The zero-order chi connectivity index (χ0) is 21.1. The summed E-state index contributed by atoms with van der Waals surface area (Å²) < 4.78 is 5.43. The molecule has 7 nitrogen and oxygen atoms in total. The lowest BCUT2D eigenvalue weighted by Crippen LogP contribution is -2.16. The molecule has 4 aromatic rings. The average molecular weight is 404 g/mol. The van der Waals surface area contributed by atoms with Crippen molar-refractivity contribution >= 4 is 22.4 Å². The van der Waals surface area contributed by atoms with E-state index in [1.54, 1.807) is 7.11 Å². The summed E-state index contributed by atoms with van der Waals surface area (Å²) in [5, 5.41) is 4.52. The average Bonchev–Trinajstić information content (AvgIpc) is 3.18.